The van der Waals surface area contributed by atoms with E-state index < -0.39 is 0 Å². The van der Waals surface area contributed by atoms with E-state index >= 15 is 0 Å². The Morgan fingerprint density at radius 2 is 1.88 bits per heavy atom. The van der Waals surface area contributed by atoms with E-state index in [0.29, 0.717) is 13.2 Å². The van der Waals surface area contributed by atoms with Crippen LogP contribution >= 0.6 is 0 Å². The standard InChI is InChI=1S/C19H30N4O3/c1-4-20-19(23-12-10-22(11-13-23)16(2)24)21-9-6-14-26-18-8-5-7-17(15-18)25-3/h5,7-8,15H,4,6,9-14H2,1-3H3,(H,20,21). The van der Waals surface area contributed by atoms with Crippen LogP contribution in [0.15, 0.2) is 29.3 Å². The second kappa shape index (κ2) is 10.5. The van der Waals surface area contributed by atoms with Gasteiger partial charge in [-0.2, -0.15) is 0 Å². The van der Waals surface area contributed by atoms with Crippen LogP contribution in [0.5, 0.6) is 11.5 Å². The zero-order chi connectivity index (χ0) is 18.8. The number of amides is 1. The van der Waals surface area contributed by atoms with Gasteiger partial charge in [0.2, 0.25) is 5.91 Å². The number of carbonyl (C=O) groups is 1. The van der Waals surface area contributed by atoms with Gasteiger partial charge < -0.3 is 24.6 Å². The number of nitrogens with zero attached hydrogens (tertiary/aromatic N) is 3. The third-order valence-electron chi connectivity index (χ3n) is 4.23. The Morgan fingerprint density at radius 1 is 1.19 bits per heavy atom. The van der Waals surface area contributed by atoms with Gasteiger partial charge in [-0.15, -0.1) is 0 Å². The highest BCUT2D eigenvalue weighted by Crippen LogP contribution is 2.18. The van der Waals surface area contributed by atoms with E-state index in [1.54, 1.807) is 14.0 Å². The number of methoxy groups -OCH3 is 1. The Bertz CT molecular complexity index is 598. The molecule has 144 valence electrons. The van der Waals surface area contributed by atoms with Gasteiger partial charge in [-0.1, -0.05) is 6.07 Å². The fraction of sp³-hybridized carbons (Fsp3) is 0.579. The number of rotatable bonds is 7. The third-order valence-corrected chi connectivity index (χ3v) is 4.23. The first-order chi connectivity index (χ1) is 12.6. The van der Waals surface area contributed by atoms with Gasteiger partial charge >= 0.3 is 0 Å². The molecule has 0 unspecified atom stereocenters. The highest BCUT2D eigenvalue weighted by Gasteiger charge is 2.20. The first kappa shape index (κ1) is 19.9. The summed E-state index contributed by atoms with van der Waals surface area (Å²) in [6, 6.07) is 7.61. The van der Waals surface area contributed by atoms with Crippen LogP contribution in [0.3, 0.4) is 0 Å². The van der Waals surface area contributed by atoms with Gasteiger partial charge in [-0.25, -0.2) is 0 Å². The van der Waals surface area contributed by atoms with Gasteiger partial charge in [0.25, 0.3) is 0 Å². The molecule has 0 radical (unpaired) electrons. The highest BCUT2D eigenvalue weighted by atomic mass is 16.5. The lowest BCUT2D eigenvalue weighted by Gasteiger charge is -2.36. The van der Waals surface area contributed by atoms with Crippen molar-refractivity contribution in [3.8, 4) is 11.5 Å². The maximum absolute atomic E-state index is 11.4. The maximum Gasteiger partial charge on any atom is 0.219 e. The molecule has 0 bridgehead atoms. The number of nitrogens with one attached hydrogen (secondary N) is 1. The van der Waals surface area contributed by atoms with Crippen LogP contribution in [0.1, 0.15) is 20.3 Å². The molecular weight excluding hydrogens is 332 g/mol. The van der Waals surface area contributed by atoms with Crippen molar-refractivity contribution in [2.75, 3.05) is 53.0 Å². The van der Waals surface area contributed by atoms with Crippen molar-refractivity contribution in [2.45, 2.75) is 20.3 Å². The van der Waals surface area contributed by atoms with Gasteiger partial charge in [0.05, 0.1) is 13.7 Å². The largest absolute Gasteiger partial charge is 0.497 e. The fourth-order valence-electron chi connectivity index (χ4n) is 2.79. The number of piperazine rings is 1. The summed E-state index contributed by atoms with van der Waals surface area (Å²) in [5.74, 6) is 2.65. The molecule has 0 saturated carbocycles. The van der Waals surface area contributed by atoms with Crippen LogP contribution in [-0.2, 0) is 4.79 Å². The Hall–Kier alpha value is -2.44. The smallest absolute Gasteiger partial charge is 0.219 e. The van der Waals surface area contributed by atoms with Crippen molar-refractivity contribution in [3.63, 3.8) is 0 Å². The summed E-state index contributed by atoms with van der Waals surface area (Å²) in [7, 11) is 1.65. The van der Waals surface area contributed by atoms with Gasteiger partial charge in [0.1, 0.15) is 11.5 Å². The third kappa shape index (κ3) is 6.13. The average Bonchev–Trinajstić information content (AvgIpc) is 2.67. The van der Waals surface area contributed by atoms with Crippen molar-refractivity contribution in [1.29, 1.82) is 0 Å². The molecule has 1 N–H and O–H groups in total. The lowest BCUT2D eigenvalue weighted by atomic mass is 10.3. The van der Waals surface area contributed by atoms with Crippen LogP contribution in [0.25, 0.3) is 0 Å². The molecule has 0 aromatic heterocycles. The molecule has 0 aliphatic carbocycles. The normalized spacial score (nSPS) is 15.0. The molecule has 1 aromatic carbocycles. The molecule has 1 saturated heterocycles. The summed E-state index contributed by atoms with van der Waals surface area (Å²) >= 11 is 0. The monoisotopic (exact) mass is 362 g/mol. The zero-order valence-corrected chi connectivity index (χ0v) is 16.0. The van der Waals surface area contributed by atoms with Crippen molar-refractivity contribution in [3.05, 3.63) is 24.3 Å². The fourth-order valence-corrected chi connectivity index (χ4v) is 2.79. The summed E-state index contributed by atoms with van der Waals surface area (Å²) < 4.78 is 10.9. The topological polar surface area (TPSA) is 66.4 Å². The molecular formula is C19H30N4O3. The Balaban J connectivity index is 1.77. The lowest BCUT2D eigenvalue weighted by molar-refractivity contribution is -0.130. The number of ether oxygens (including phenoxy) is 2. The number of hydrogen-bond donors (Lipinski definition) is 1. The molecule has 0 spiro atoms. The van der Waals surface area contributed by atoms with E-state index in [4.69, 9.17) is 14.5 Å². The number of carbonyl (C=O) groups excluding carboxylic acids is 1. The Labute approximate surface area is 156 Å². The van der Waals surface area contributed by atoms with E-state index in [2.05, 4.69) is 17.1 Å². The van der Waals surface area contributed by atoms with E-state index in [-0.39, 0.29) is 5.91 Å². The second-order valence-corrected chi connectivity index (χ2v) is 6.11. The Kier molecular flexibility index (Phi) is 8.05. The average molecular weight is 362 g/mol. The molecule has 1 fully saturated rings. The predicted octanol–water partition coefficient (Wildman–Crippen LogP) is 1.59. The molecule has 7 heteroatoms. The van der Waals surface area contributed by atoms with E-state index in [1.165, 1.54) is 0 Å². The van der Waals surface area contributed by atoms with Crippen molar-refractivity contribution in [2.24, 2.45) is 4.99 Å². The molecule has 1 aromatic rings. The van der Waals surface area contributed by atoms with Crippen molar-refractivity contribution < 1.29 is 14.3 Å². The van der Waals surface area contributed by atoms with Crippen LogP contribution in [0.4, 0.5) is 0 Å². The second-order valence-electron chi connectivity index (χ2n) is 6.11. The zero-order valence-electron chi connectivity index (χ0n) is 16.0. The summed E-state index contributed by atoms with van der Waals surface area (Å²) in [6.45, 7) is 8.93. The number of guanidine groups is 1. The molecule has 1 aliphatic heterocycles. The van der Waals surface area contributed by atoms with Crippen molar-refractivity contribution >= 4 is 11.9 Å². The summed E-state index contributed by atoms with van der Waals surface area (Å²) in [4.78, 5) is 20.2. The molecule has 1 heterocycles. The lowest BCUT2D eigenvalue weighted by Crippen LogP contribution is -2.53. The Morgan fingerprint density at radius 3 is 2.54 bits per heavy atom. The first-order valence-corrected chi connectivity index (χ1v) is 9.19. The van der Waals surface area contributed by atoms with Crippen LogP contribution in [0, 0.1) is 0 Å². The predicted molar refractivity (Wildman–Crippen MR) is 103 cm³/mol. The number of hydrogen-bond acceptors (Lipinski definition) is 4. The summed E-state index contributed by atoms with van der Waals surface area (Å²) in [5.41, 5.74) is 0. The maximum atomic E-state index is 11.4. The van der Waals surface area contributed by atoms with Crippen LogP contribution in [-0.4, -0.2) is 74.7 Å². The minimum Gasteiger partial charge on any atom is -0.497 e. The minimum atomic E-state index is 0.140. The quantitative estimate of drug-likeness (QED) is 0.453. The van der Waals surface area contributed by atoms with E-state index in [9.17, 15) is 4.79 Å². The number of aliphatic imine (C=N–C) groups is 1. The minimum absolute atomic E-state index is 0.140. The van der Waals surface area contributed by atoms with E-state index in [0.717, 1.165) is 56.6 Å². The van der Waals surface area contributed by atoms with Gasteiger partial charge in [-0.05, 0) is 19.1 Å². The van der Waals surface area contributed by atoms with Crippen molar-refractivity contribution in [1.82, 2.24) is 15.1 Å². The SMILES string of the molecule is CCNC(=NCCCOc1cccc(OC)c1)N1CCN(C(C)=O)CC1. The van der Waals surface area contributed by atoms with Gasteiger partial charge in [0.15, 0.2) is 5.96 Å². The van der Waals surface area contributed by atoms with E-state index in [1.807, 2.05) is 29.2 Å². The van der Waals surface area contributed by atoms with Gasteiger partial charge in [0, 0.05) is 58.7 Å². The summed E-state index contributed by atoms with van der Waals surface area (Å²) in [5, 5.41) is 3.34. The van der Waals surface area contributed by atoms with Crippen LogP contribution in [0.2, 0.25) is 0 Å². The molecule has 26 heavy (non-hydrogen) atoms. The molecule has 1 amide bonds. The highest BCUT2D eigenvalue weighted by molar-refractivity contribution is 5.80. The molecule has 1 aliphatic rings. The summed E-state index contributed by atoms with van der Waals surface area (Å²) in [6.07, 6.45) is 0.833. The number of benzene rings is 1. The first-order valence-electron chi connectivity index (χ1n) is 9.19. The van der Waals surface area contributed by atoms with Crippen LogP contribution < -0.4 is 14.8 Å². The molecule has 0 atom stereocenters. The molecule has 7 nitrogen and oxygen atoms in total. The molecule has 2 rings (SSSR count). The van der Waals surface area contributed by atoms with Gasteiger partial charge in [-0.3, -0.25) is 9.79 Å².